The number of nitrogen functional groups attached to an aromatic ring is 1. The van der Waals surface area contributed by atoms with Crippen LogP contribution in [0.4, 0.5) is 20.2 Å². The van der Waals surface area contributed by atoms with Gasteiger partial charge in [0, 0.05) is 23.5 Å². The highest BCUT2D eigenvalue weighted by molar-refractivity contribution is 5.99. The Hall–Kier alpha value is -2.43. The molecule has 2 aromatic carbocycles. The second kappa shape index (κ2) is 5.69. The van der Waals surface area contributed by atoms with Crippen LogP contribution in [0.5, 0.6) is 0 Å². The van der Waals surface area contributed by atoms with Crippen LogP contribution in [0.2, 0.25) is 0 Å². The van der Waals surface area contributed by atoms with E-state index in [4.69, 9.17) is 5.73 Å². The van der Waals surface area contributed by atoms with E-state index in [-0.39, 0.29) is 5.78 Å². The smallest absolute Gasteiger partial charge is 0.161 e. The molecule has 0 fully saturated rings. The van der Waals surface area contributed by atoms with Crippen LogP contribution in [0.15, 0.2) is 36.4 Å². The summed E-state index contributed by atoms with van der Waals surface area (Å²) in [5.74, 6) is -1.85. The average Bonchev–Trinajstić information content (AvgIpc) is 2.40. The van der Waals surface area contributed by atoms with Gasteiger partial charge in [0.05, 0.1) is 0 Å². The van der Waals surface area contributed by atoms with Gasteiger partial charge in [0.1, 0.15) is 0 Å². The Labute approximate surface area is 115 Å². The van der Waals surface area contributed by atoms with Crippen LogP contribution in [0.1, 0.15) is 22.8 Å². The van der Waals surface area contributed by atoms with Crippen molar-refractivity contribution in [3.63, 3.8) is 0 Å². The minimum atomic E-state index is -0.879. The number of nitrogens with two attached hydrogens (primary N) is 1. The van der Waals surface area contributed by atoms with Crippen LogP contribution in [-0.4, -0.2) is 5.78 Å². The van der Waals surface area contributed by atoms with Crippen LogP contribution >= 0.6 is 0 Å². The second-order valence-corrected chi connectivity index (χ2v) is 4.46. The number of nitrogens with one attached hydrogen (secondary N) is 1. The SMILES string of the molecule is CC(=O)c1ccc(NCc2ccc(F)c(F)c2)cc1N. The molecule has 0 heterocycles. The molecule has 0 saturated heterocycles. The normalized spacial score (nSPS) is 10.3. The number of anilines is 2. The van der Waals surface area contributed by atoms with Gasteiger partial charge >= 0.3 is 0 Å². The Morgan fingerprint density at radius 3 is 2.50 bits per heavy atom. The molecule has 3 N–H and O–H groups in total. The molecular weight excluding hydrogens is 262 g/mol. The van der Waals surface area contributed by atoms with E-state index in [0.717, 1.165) is 12.1 Å². The van der Waals surface area contributed by atoms with Gasteiger partial charge in [0.25, 0.3) is 0 Å². The lowest BCUT2D eigenvalue weighted by molar-refractivity contribution is 0.101. The van der Waals surface area contributed by atoms with Gasteiger partial charge in [-0.15, -0.1) is 0 Å². The lowest BCUT2D eigenvalue weighted by atomic mass is 10.1. The van der Waals surface area contributed by atoms with Gasteiger partial charge < -0.3 is 11.1 Å². The number of halogens is 2. The predicted octanol–water partition coefficient (Wildman–Crippen LogP) is 3.36. The van der Waals surface area contributed by atoms with E-state index in [1.807, 2.05) is 0 Å². The summed E-state index contributed by atoms with van der Waals surface area (Å²) in [4.78, 5) is 11.2. The fourth-order valence-electron chi connectivity index (χ4n) is 1.85. The van der Waals surface area contributed by atoms with Crippen molar-refractivity contribution >= 4 is 17.2 Å². The van der Waals surface area contributed by atoms with Crippen LogP contribution in [-0.2, 0) is 6.54 Å². The minimum absolute atomic E-state index is 0.102. The first-order valence-electron chi connectivity index (χ1n) is 6.05. The van der Waals surface area contributed by atoms with E-state index < -0.39 is 11.6 Å². The van der Waals surface area contributed by atoms with Crippen molar-refractivity contribution in [2.24, 2.45) is 0 Å². The van der Waals surface area contributed by atoms with Crippen molar-refractivity contribution in [3.8, 4) is 0 Å². The molecule has 0 atom stereocenters. The zero-order valence-electron chi connectivity index (χ0n) is 10.9. The Balaban J connectivity index is 2.09. The summed E-state index contributed by atoms with van der Waals surface area (Å²) < 4.78 is 25.8. The van der Waals surface area contributed by atoms with Gasteiger partial charge in [-0.05, 0) is 42.8 Å². The Morgan fingerprint density at radius 2 is 1.90 bits per heavy atom. The number of rotatable bonds is 4. The van der Waals surface area contributed by atoms with E-state index in [0.29, 0.717) is 29.0 Å². The third-order valence-corrected chi connectivity index (χ3v) is 2.91. The van der Waals surface area contributed by atoms with Gasteiger partial charge in [-0.2, -0.15) is 0 Å². The Morgan fingerprint density at radius 1 is 1.15 bits per heavy atom. The van der Waals surface area contributed by atoms with Crippen LogP contribution in [0, 0.1) is 11.6 Å². The monoisotopic (exact) mass is 276 g/mol. The average molecular weight is 276 g/mol. The highest BCUT2D eigenvalue weighted by atomic mass is 19.2. The fraction of sp³-hybridized carbons (Fsp3) is 0.133. The van der Waals surface area contributed by atoms with Crippen LogP contribution in [0.25, 0.3) is 0 Å². The quantitative estimate of drug-likeness (QED) is 0.665. The number of hydrogen-bond donors (Lipinski definition) is 2. The molecule has 0 saturated carbocycles. The van der Waals surface area contributed by atoms with Crippen molar-refractivity contribution in [2.75, 3.05) is 11.1 Å². The fourth-order valence-corrected chi connectivity index (χ4v) is 1.85. The molecule has 0 bridgehead atoms. The van der Waals surface area contributed by atoms with Gasteiger partial charge in [-0.1, -0.05) is 6.07 Å². The molecule has 0 aliphatic carbocycles. The summed E-state index contributed by atoms with van der Waals surface area (Å²) >= 11 is 0. The van der Waals surface area contributed by atoms with Gasteiger partial charge in [-0.3, -0.25) is 4.79 Å². The molecule has 0 amide bonds. The molecule has 0 unspecified atom stereocenters. The molecule has 0 radical (unpaired) electrons. The van der Waals surface area contributed by atoms with Crippen molar-refractivity contribution in [1.82, 2.24) is 0 Å². The van der Waals surface area contributed by atoms with Crippen LogP contribution < -0.4 is 11.1 Å². The molecule has 20 heavy (non-hydrogen) atoms. The molecule has 3 nitrogen and oxygen atoms in total. The number of benzene rings is 2. The summed E-state index contributed by atoms with van der Waals surface area (Å²) in [5.41, 5.74) is 7.92. The molecule has 0 aliphatic rings. The molecule has 0 aliphatic heterocycles. The maximum atomic E-state index is 13.1. The Bertz CT molecular complexity index is 656. The molecule has 0 aromatic heterocycles. The first-order chi connectivity index (χ1) is 9.47. The summed E-state index contributed by atoms with van der Waals surface area (Å²) in [5, 5.41) is 3.03. The van der Waals surface area contributed by atoms with Crippen molar-refractivity contribution < 1.29 is 13.6 Å². The van der Waals surface area contributed by atoms with E-state index in [1.165, 1.54) is 13.0 Å². The summed E-state index contributed by atoms with van der Waals surface area (Å²) in [6, 6.07) is 8.70. The number of carbonyl (C=O) groups is 1. The minimum Gasteiger partial charge on any atom is -0.398 e. The highest BCUT2D eigenvalue weighted by Gasteiger charge is 2.06. The first kappa shape index (κ1) is 14.0. The van der Waals surface area contributed by atoms with E-state index in [1.54, 1.807) is 18.2 Å². The van der Waals surface area contributed by atoms with Crippen molar-refractivity contribution in [2.45, 2.75) is 13.5 Å². The zero-order valence-corrected chi connectivity index (χ0v) is 10.9. The van der Waals surface area contributed by atoms with E-state index >= 15 is 0 Å². The maximum Gasteiger partial charge on any atom is 0.161 e. The Kier molecular flexibility index (Phi) is 3.98. The largest absolute Gasteiger partial charge is 0.398 e. The third-order valence-electron chi connectivity index (χ3n) is 2.91. The predicted molar refractivity (Wildman–Crippen MR) is 74.5 cm³/mol. The second-order valence-electron chi connectivity index (χ2n) is 4.46. The summed E-state index contributed by atoms with van der Waals surface area (Å²) in [6.07, 6.45) is 0. The maximum absolute atomic E-state index is 13.1. The van der Waals surface area contributed by atoms with Gasteiger partial charge in [0.2, 0.25) is 0 Å². The van der Waals surface area contributed by atoms with Gasteiger partial charge in [0.15, 0.2) is 17.4 Å². The molecule has 2 aromatic rings. The lowest BCUT2D eigenvalue weighted by Crippen LogP contribution is -2.04. The van der Waals surface area contributed by atoms with Gasteiger partial charge in [-0.25, -0.2) is 8.78 Å². The standard InChI is InChI=1S/C15H14F2N2O/c1-9(20)12-4-3-11(7-15(12)18)19-8-10-2-5-13(16)14(17)6-10/h2-7,19H,8,18H2,1H3. The molecule has 5 heteroatoms. The zero-order chi connectivity index (χ0) is 14.7. The van der Waals surface area contributed by atoms with E-state index in [2.05, 4.69) is 5.32 Å². The third kappa shape index (κ3) is 3.12. The molecule has 104 valence electrons. The van der Waals surface area contributed by atoms with Crippen LogP contribution in [0.3, 0.4) is 0 Å². The number of carbonyl (C=O) groups excluding carboxylic acids is 1. The number of ketones is 1. The molecule has 2 rings (SSSR count). The topological polar surface area (TPSA) is 55.1 Å². The first-order valence-corrected chi connectivity index (χ1v) is 6.05. The summed E-state index contributed by atoms with van der Waals surface area (Å²) in [7, 11) is 0. The number of hydrogen-bond acceptors (Lipinski definition) is 3. The summed E-state index contributed by atoms with van der Waals surface area (Å²) in [6.45, 7) is 1.77. The highest BCUT2D eigenvalue weighted by Crippen LogP contribution is 2.19. The lowest BCUT2D eigenvalue weighted by Gasteiger charge is -2.09. The van der Waals surface area contributed by atoms with E-state index in [9.17, 15) is 13.6 Å². The van der Waals surface area contributed by atoms with Crippen molar-refractivity contribution in [3.05, 3.63) is 59.2 Å². The molecular formula is C15H14F2N2O. The number of Topliss-reactive ketones (excluding diaryl/α,β-unsaturated/α-hetero) is 1. The molecule has 0 spiro atoms. The van der Waals surface area contributed by atoms with Crippen molar-refractivity contribution in [1.29, 1.82) is 0 Å².